The predicted molar refractivity (Wildman–Crippen MR) is 69.2 cm³/mol. The van der Waals surface area contributed by atoms with E-state index in [9.17, 15) is 0 Å². The van der Waals surface area contributed by atoms with Crippen molar-refractivity contribution in [2.24, 2.45) is 5.92 Å². The fraction of sp³-hybridized carbons (Fsp3) is 0.769. The van der Waals surface area contributed by atoms with E-state index in [1.165, 1.54) is 5.69 Å². The van der Waals surface area contributed by atoms with Crippen molar-refractivity contribution >= 4 is 5.82 Å². The third-order valence-corrected chi connectivity index (χ3v) is 3.74. The van der Waals surface area contributed by atoms with Crippen molar-refractivity contribution in [1.29, 1.82) is 0 Å². The third-order valence-electron chi connectivity index (χ3n) is 3.74. The molecule has 0 saturated carbocycles. The molecule has 1 unspecified atom stereocenters. The Morgan fingerprint density at radius 1 is 1.53 bits per heavy atom. The van der Waals surface area contributed by atoms with Gasteiger partial charge in [0.1, 0.15) is 5.82 Å². The maximum Gasteiger partial charge on any atom is 0.124 e. The summed E-state index contributed by atoms with van der Waals surface area (Å²) in [4.78, 5) is 0. The number of nitrogens with one attached hydrogen (secondary N) is 1. The molecule has 4 heteroatoms. The second-order valence-corrected chi connectivity index (χ2v) is 4.91. The highest BCUT2D eigenvalue weighted by Crippen LogP contribution is 2.27. The number of hydrogen-bond donors (Lipinski definition) is 2. The molecule has 0 amide bonds. The maximum absolute atomic E-state index is 8.98. The fourth-order valence-corrected chi connectivity index (χ4v) is 2.56. The Morgan fingerprint density at radius 2 is 2.29 bits per heavy atom. The van der Waals surface area contributed by atoms with Gasteiger partial charge in [0.2, 0.25) is 0 Å². The van der Waals surface area contributed by atoms with Crippen molar-refractivity contribution in [2.75, 3.05) is 18.5 Å². The van der Waals surface area contributed by atoms with Gasteiger partial charge in [-0.05, 0) is 25.2 Å². The van der Waals surface area contributed by atoms with Gasteiger partial charge in [-0.15, -0.1) is 0 Å². The Balaban J connectivity index is 2.11. The number of anilines is 1. The molecule has 0 aromatic carbocycles. The number of nitrogens with zero attached hydrogens (tertiary/aromatic N) is 2. The van der Waals surface area contributed by atoms with Gasteiger partial charge in [0, 0.05) is 31.7 Å². The lowest BCUT2D eigenvalue weighted by atomic mass is 10.00. The summed E-state index contributed by atoms with van der Waals surface area (Å²) < 4.78 is 2.07. The minimum atomic E-state index is 0.266. The van der Waals surface area contributed by atoms with Crippen LogP contribution < -0.4 is 5.32 Å². The van der Waals surface area contributed by atoms with E-state index < -0.39 is 0 Å². The molecular weight excluding hydrogens is 214 g/mol. The largest absolute Gasteiger partial charge is 0.396 e. The molecule has 1 atom stereocenters. The summed E-state index contributed by atoms with van der Waals surface area (Å²) in [6.45, 7) is 6.59. The molecule has 0 bridgehead atoms. The molecular formula is C13H23N3O. The zero-order valence-electron chi connectivity index (χ0n) is 10.8. The van der Waals surface area contributed by atoms with E-state index in [1.54, 1.807) is 0 Å². The van der Waals surface area contributed by atoms with Crippen molar-refractivity contribution in [3.63, 3.8) is 0 Å². The Kier molecular flexibility index (Phi) is 4.05. The Hall–Kier alpha value is -1.03. The molecule has 0 radical (unpaired) electrons. The predicted octanol–water partition coefficient (Wildman–Crippen LogP) is 2.21. The Bertz CT molecular complexity index is 358. The molecule has 1 aliphatic rings. The molecule has 0 fully saturated rings. The maximum atomic E-state index is 8.98. The number of aliphatic hydroxyl groups excluding tert-OH is 1. The first-order valence-electron chi connectivity index (χ1n) is 6.70. The van der Waals surface area contributed by atoms with E-state index in [-0.39, 0.29) is 6.61 Å². The smallest absolute Gasteiger partial charge is 0.124 e. The summed E-state index contributed by atoms with van der Waals surface area (Å²) in [5, 5.41) is 17.1. The molecule has 1 aromatic heterocycles. The highest BCUT2D eigenvalue weighted by molar-refractivity contribution is 5.39. The van der Waals surface area contributed by atoms with Gasteiger partial charge in [-0.1, -0.05) is 13.8 Å². The van der Waals surface area contributed by atoms with Gasteiger partial charge in [-0.25, -0.2) is 4.68 Å². The van der Waals surface area contributed by atoms with Gasteiger partial charge in [0.15, 0.2) is 0 Å². The SMILES string of the molecule is CCC(CC)c1cc2n(n1)CC(CCO)CN2. The van der Waals surface area contributed by atoms with Crippen LogP contribution in [0.1, 0.15) is 44.7 Å². The molecule has 4 nitrogen and oxygen atoms in total. The van der Waals surface area contributed by atoms with Crippen molar-refractivity contribution < 1.29 is 5.11 Å². The zero-order chi connectivity index (χ0) is 12.3. The van der Waals surface area contributed by atoms with E-state index in [0.717, 1.165) is 38.2 Å². The molecule has 96 valence electrons. The highest BCUT2D eigenvalue weighted by Gasteiger charge is 2.21. The van der Waals surface area contributed by atoms with Gasteiger partial charge in [-0.3, -0.25) is 0 Å². The van der Waals surface area contributed by atoms with Gasteiger partial charge in [0.05, 0.1) is 5.69 Å². The molecule has 2 N–H and O–H groups in total. The summed E-state index contributed by atoms with van der Waals surface area (Å²) in [6, 6.07) is 2.19. The average molecular weight is 237 g/mol. The number of hydrogen-bond acceptors (Lipinski definition) is 3. The summed E-state index contributed by atoms with van der Waals surface area (Å²) in [6.07, 6.45) is 3.15. The summed E-state index contributed by atoms with van der Waals surface area (Å²) in [5.41, 5.74) is 1.21. The molecule has 17 heavy (non-hydrogen) atoms. The first-order valence-corrected chi connectivity index (χ1v) is 6.70. The van der Waals surface area contributed by atoms with Crippen LogP contribution in [0.3, 0.4) is 0 Å². The number of aliphatic hydroxyl groups is 1. The van der Waals surface area contributed by atoms with Crippen molar-refractivity contribution in [3.05, 3.63) is 11.8 Å². The molecule has 2 heterocycles. The van der Waals surface area contributed by atoms with Crippen molar-refractivity contribution in [1.82, 2.24) is 9.78 Å². The highest BCUT2D eigenvalue weighted by atomic mass is 16.3. The first kappa shape index (κ1) is 12.4. The Morgan fingerprint density at radius 3 is 2.94 bits per heavy atom. The number of aromatic nitrogens is 2. The van der Waals surface area contributed by atoms with E-state index >= 15 is 0 Å². The van der Waals surface area contributed by atoms with Crippen LogP contribution in [-0.2, 0) is 6.54 Å². The minimum absolute atomic E-state index is 0.266. The van der Waals surface area contributed by atoms with Gasteiger partial charge in [0.25, 0.3) is 0 Å². The lowest BCUT2D eigenvalue weighted by molar-refractivity contribution is 0.244. The average Bonchev–Trinajstić information content (AvgIpc) is 2.74. The number of fused-ring (bicyclic) bond motifs is 1. The molecule has 2 rings (SSSR count). The molecule has 0 saturated heterocycles. The van der Waals surface area contributed by atoms with Gasteiger partial charge in [-0.2, -0.15) is 5.10 Å². The summed E-state index contributed by atoms with van der Waals surface area (Å²) >= 11 is 0. The van der Waals surface area contributed by atoms with E-state index in [1.807, 2.05) is 0 Å². The standard InChI is InChI=1S/C13H23N3O/c1-3-11(4-2)12-7-13-14-8-10(5-6-17)9-16(13)15-12/h7,10-11,14,17H,3-6,8-9H2,1-2H3. The monoisotopic (exact) mass is 237 g/mol. The van der Waals surface area contributed by atoms with Crippen molar-refractivity contribution in [3.8, 4) is 0 Å². The number of rotatable bonds is 5. The topological polar surface area (TPSA) is 50.1 Å². The van der Waals surface area contributed by atoms with Crippen LogP contribution in [0.4, 0.5) is 5.82 Å². The van der Waals surface area contributed by atoms with Crippen LogP contribution in [0, 0.1) is 5.92 Å². The van der Waals surface area contributed by atoms with Gasteiger partial charge < -0.3 is 10.4 Å². The summed E-state index contributed by atoms with van der Waals surface area (Å²) in [7, 11) is 0. The molecule has 0 aliphatic carbocycles. The lowest BCUT2D eigenvalue weighted by Gasteiger charge is -2.24. The van der Waals surface area contributed by atoms with E-state index in [4.69, 9.17) is 10.2 Å². The first-order chi connectivity index (χ1) is 8.28. The van der Waals surface area contributed by atoms with Crippen molar-refractivity contribution in [2.45, 2.75) is 45.6 Å². The van der Waals surface area contributed by atoms with Crippen LogP contribution in [0.25, 0.3) is 0 Å². The fourth-order valence-electron chi connectivity index (χ4n) is 2.56. The summed E-state index contributed by atoms with van der Waals surface area (Å²) in [5.74, 6) is 2.22. The van der Waals surface area contributed by atoms with Crippen LogP contribution in [0.5, 0.6) is 0 Å². The second-order valence-electron chi connectivity index (χ2n) is 4.91. The quantitative estimate of drug-likeness (QED) is 0.825. The Labute approximate surface area is 103 Å². The normalized spacial score (nSPS) is 19.2. The van der Waals surface area contributed by atoms with E-state index in [0.29, 0.717) is 11.8 Å². The molecule has 0 spiro atoms. The molecule has 1 aromatic rings. The zero-order valence-corrected chi connectivity index (χ0v) is 10.8. The second kappa shape index (κ2) is 5.54. The van der Waals surface area contributed by atoms with Crippen LogP contribution in [-0.4, -0.2) is 28.0 Å². The third kappa shape index (κ3) is 2.63. The van der Waals surface area contributed by atoms with Crippen LogP contribution in [0.15, 0.2) is 6.07 Å². The lowest BCUT2D eigenvalue weighted by Crippen LogP contribution is -2.28. The van der Waals surface area contributed by atoms with E-state index in [2.05, 4.69) is 29.9 Å². The van der Waals surface area contributed by atoms with Gasteiger partial charge >= 0.3 is 0 Å². The van der Waals surface area contributed by atoms with Crippen LogP contribution >= 0.6 is 0 Å². The molecule has 1 aliphatic heterocycles. The minimum Gasteiger partial charge on any atom is -0.396 e. The van der Waals surface area contributed by atoms with Crippen LogP contribution in [0.2, 0.25) is 0 Å².